The van der Waals surface area contributed by atoms with Gasteiger partial charge < -0.3 is 4.18 Å². The zero-order valence-corrected chi connectivity index (χ0v) is 16.4. The fraction of sp³-hybridized carbons (Fsp3) is 0.368. The van der Waals surface area contributed by atoms with E-state index in [1.807, 2.05) is 0 Å². The molecule has 0 radical (unpaired) electrons. The summed E-state index contributed by atoms with van der Waals surface area (Å²) in [6, 6.07) is 13.2. The highest BCUT2D eigenvalue weighted by atomic mass is 35.5. The lowest BCUT2D eigenvalue weighted by Crippen LogP contribution is -2.47. The lowest BCUT2D eigenvalue weighted by molar-refractivity contribution is 0.131. The highest BCUT2D eigenvalue weighted by molar-refractivity contribution is 7.87. The second-order valence-corrected chi connectivity index (χ2v) is 8.57. The van der Waals surface area contributed by atoms with Crippen LogP contribution in [-0.2, 0) is 16.7 Å². The number of hydrogen-bond acceptors (Lipinski definition) is 5. The van der Waals surface area contributed by atoms with Gasteiger partial charge in [0, 0.05) is 49.9 Å². The molecule has 8 heteroatoms. The van der Waals surface area contributed by atoms with Crippen LogP contribution in [0.1, 0.15) is 5.56 Å². The van der Waals surface area contributed by atoms with E-state index in [2.05, 4.69) is 9.80 Å². The lowest BCUT2D eigenvalue weighted by atomic mass is 10.2. The Bertz CT molecular complexity index is 836. The quantitative estimate of drug-likeness (QED) is 0.654. The van der Waals surface area contributed by atoms with Crippen molar-refractivity contribution in [2.75, 3.05) is 38.5 Å². The summed E-state index contributed by atoms with van der Waals surface area (Å²) >= 11 is 6.09. The van der Waals surface area contributed by atoms with Gasteiger partial charge in [0.15, 0.2) is 0 Å². The first-order valence-electron chi connectivity index (χ1n) is 8.78. The predicted molar refractivity (Wildman–Crippen MR) is 104 cm³/mol. The van der Waals surface area contributed by atoms with E-state index in [1.165, 1.54) is 6.07 Å². The van der Waals surface area contributed by atoms with E-state index in [0.29, 0.717) is 42.5 Å². The molecule has 1 fully saturated rings. The average Bonchev–Trinajstić information content (AvgIpc) is 2.65. The van der Waals surface area contributed by atoms with Crippen LogP contribution in [0.2, 0.25) is 5.02 Å². The molecule has 1 heterocycles. The van der Waals surface area contributed by atoms with Gasteiger partial charge in [-0.15, -0.1) is 0 Å². The summed E-state index contributed by atoms with van der Waals surface area (Å²) in [4.78, 5) is 4.20. The van der Waals surface area contributed by atoms with Crippen molar-refractivity contribution in [2.45, 2.75) is 6.54 Å². The molecule has 146 valence electrons. The summed E-state index contributed by atoms with van der Waals surface area (Å²) in [5, 5.41) is 0.432. The van der Waals surface area contributed by atoms with Crippen LogP contribution in [0.3, 0.4) is 0 Å². The first-order chi connectivity index (χ1) is 12.9. The highest BCUT2D eigenvalue weighted by Crippen LogP contribution is 2.21. The van der Waals surface area contributed by atoms with E-state index in [4.69, 9.17) is 15.8 Å². The predicted octanol–water partition coefficient (Wildman–Crippen LogP) is 3.01. The van der Waals surface area contributed by atoms with Crippen molar-refractivity contribution in [3.05, 3.63) is 64.9 Å². The maximum atomic E-state index is 13.9. The zero-order valence-electron chi connectivity index (χ0n) is 14.9. The number of nitrogens with zero attached hydrogens (tertiary/aromatic N) is 2. The minimum atomic E-state index is -3.63. The zero-order chi connectivity index (χ0) is 19.3. The number of benzene rings is 2. The molecule has 2 aromatic rings. The smallest absolute Gasteiger partial charge is 0.310 e. The van der Waals surface area contributed by atoms with E-state index in [-0.39, 0.29) is 11.6 Å². The van der Waals surface area contributed by atoms with Crippen molar-refractivity contribution in [1.82, 2.24) is 9.80 Å². The van der Waals surface area contributed by atoms with Crippen molar-refractivity contribution in [3.8, 4) is 5.75 Å². The van der Waals surface area contributed by atoms with E-state index in [9.17, 15) is 12.8 Å². The van der Waals surface area contributed by atoms with Gasteiger partial charge >= 0.3 is 10.1 Å². The first-order valence-corrected chi connectivity index (χ1v) is 10.7. The van der Waals surface area contributed by atoms with Crippen LogP contribution in [0.5, 0.6) is 5.75 Å². The summed E-state index contributed by atoms with van der Waals surface area (Å²) in [6.45, 7) is 3.74. The molecule has 0 aliphatic carbocycles. The van der Waals surface area contributed by atoms with Gasteiger partial charge in [-0.2, -0.15) is 8.42 Å². The fourth-order valence-corrected chi connectivity index (χ4v) is 4.18. The second kappa shape index (κ2) is 9.01. The Labute approximate surface area is 164 Å². The first kappa shape index (κ1) is 20.1. The van der Waals surface area contributed by atoms with Crippen molar-refractivity contribution in [2.24, 2.45) is 0 Å². The standard InChI is InChI=1S/C19H22ClFN2O3S/c20-18-7-4-8-19(21)17(18)15-23-11-9-22(10-12-23)13-14-27(24,25)26-16-5-2-1-3-6-16/h1-8H,9-15H2. The van der Waals surface area contributed by atoms with Gasteiger partial charge in [0.05, 0.1) is 5.75 Å². The molecular formula is C19H22ClFN2O3S. The number of para-hydroxylation sites is 1. The number of hydrogen-bond donors (Lipinski definition) is 0. The summed E-state index contributed by atoms with van der Waals surface area (Å²) in [7, 11) is -3.63. The summed E-state index contributed by atoms with van der Waals surface area (Å²) in [6.07, 6.45) is 0. The third-order valence-corrected chi connectivity index (χ3v) is 6.02. The molecule has 1 saturated heterocycles. The highest BCUT2D eigenvalue weighted by Gasteiger charge is 2.21. The van der Waals surface area contributed by atoms with Crippen molar-refractivity contribution < 1.29 is 17.0 Å². The summed E-state index contributed by atoms with van der Waals surface area (Å²) in [5.74, 6) is -0.0423. The Hall–Kier alpha value is -1.67. The van der Waals surface area contributed by atoms with Gasteiger partial charge in [-0.25, -0.2) is 4.39 Å². The van der Waals surface area contributed by atoms with Crippen LogP contribution in [0.25, 0.3) is 0 Å². The van der Waals surface area contributed by atoms with Crippen molar-refractivity contribution >= 4 is 21.7 Å². The van der Waals surface area contributed by atoms with Crippen LogP contribution in [0.15, 0.2) is 48.5 Å². The van der Waals surface area contributed by atoms with Crippen molar-refractivity contribution in [3.63, 3.8) is 0 Å². The number of piperazine rings is 1. The maximum absolute atomic E-state index is 13.9. The Balaban J connectivity index is 1.45. The Morgan fingerprint density at radius 2 is 1.63 bits per heavy atom. The van der Waals surface area contributed by atoms with Gasteiger partial charge in [0.1, 0.15) is 11.6 Å². The Morgan fingerprint density at radius 1 is 0.963 bits per heavy atom. The molecule has 2 aromatic carbocycles. The van der Waals surface area contributed by atoms with Crippen molar-refractivity contribution in [1.29, 1.82) is 0 Å². The Kier molecular flexibility index (Phi) is 6.70. The second-order valence-electron chi connectivity index (χ2n) is 6.48. The monoisotopic (exact) mass is 412 g/mol. The molecule has 5 nitrogen and oxygen atoms in total. The lowest BCUT2D eigenvalue weighted by Gasteiger charge is -2.34. The van der Waals surface area contributed by atoms with Crippen LogP contribution in [0, 0.1) is 5.82 Å². The van der Waals surface area contributed by atoms with Crippen LogP contribution in [-0.4, -0.2) is 56.7 Å². The minimum Gasteiger partial charge on any atom is -0.382 e. The molecular weight excluding hydrogens is 391 g/mol. The third-order valence-electron chi connectivity index (χ3n) is 4.53. The molecule has 3 rings (SSSR count). The molecule has 0 unspecified atom stereocenters. The molecule has 1 aliphatic rings. The van der Waals surface area contributed by atoms with E-state index in [0.717, 1.165) is 13.1 Å². The SMILES string of the molecule is O=S(=O)(CCN1CCN(Cc2c(F)cccc2Cl)CC1)Oc1ccccc1. The van der Waals surface area contributed by atoms with Crippen LogP contribution < -0.4 is 4.18 Å². The molecule has 1 aliphatic heterocycles. The summed E-state index contributed by atoms with van der Waals surface area (Å²) in [5.41, 5.74) is 0.506. The molecule has 0 bridgehead atoms. The minimum absolute atomic E-state index is 0.0684. The molecule has 0 atom stereocenters. The van der Waals surface area contributed by atoms with Gasteiger partial charge in [-0.05, 0) is 24.3 Å². The molecule has 0 spiro atoms. The maximum Gasteiger partial charge on any atom is 0.310 e. The van der Waals surface area contributed by atoms with Crippen LogP contribution >= 0.6 is 11.6 Å². The van der Waals surface area contributed by atoms with Gasteiger partial charge in [-0.1, -0.05) is 35.9 Å². The normalized spacial score (nSPS) is 16.4. The van der Waals surface area contributed by atoms with Gasteiger partial charge in [-0.3, -0.25) is 9.80 Å². The largest absolute Gasteiger partial charge is 0.382 e. The molecule has 27 heavy (non-hydrogen) atoms. The van der Waals surface area contributed by atoms with E-state index >= 15 is 0 Å². The van der Waals surface area contributed by atoms with Gasteiger partial charge in [0.25, 0.3) is 0 Å². The average molecular weight is 413 g/mol. The van der Waals surface area contributed by atoms with E-state index in [1.54, 1.807) is 42.5 Å². The Morgan fingerprint density at radius 3 is 2.30 bits per heavy atom. The number of rotatable bonds is 7. The fourth-order valence-electron chi connectivity index (χ4n) is 2.98. The molecule has 0 amide bonds. The topological polar surface area (TPSA) is 49.9 Å². The third kappa shape index (κ3) is 5.90. The summed E-state index contributed by atoms with van der Waals surface area (Å²) < 4.78 is 43.2. The van der Waals surface area contributed by atoms with Crippen LogP contribution in [0.4, 0.5) is 4.39 Å². The number of halogens is 2. The molecule has 0 saturated carbocycles. The molecule has 0 aromatic heterocycles. The van der Waals surface area contributed by atoms with Gasteiger partial charge in [0.2, 0.25) is 0 Å². The molecule has 0 N–H and O–H groups in total. The van der Waals surface area contributed by atoms with E-state index < -0.39 is 10.1 Å².